The van der Waals surface area contributed by atoms with Crippen molar-refractivity contribution in [3.05, 3.63) is 58.6 Å². The molecule has 2 aromatic carbocycles. The van der Waals surface area contributed by atoms with Crippen LogP contribution in [0.2, 0.25) is 5.02 Å². The molecule has 3 rings (SSSR count). The SMILES string of the molecule is CC(=O)c1cc(C(=O)N2CCCC2)ccc1-c1ccc(Cl)cc1. The predicted molar refractivity (Wildman–Crippen MR) is 92.0 cm³/mol. The molecule has 0 aliphatic carbocycles. The van der Waals surface area contributed by atoms with Crippen LogP contribution < -0.4 is 0 Å². The fourth-order valence-electron chi connectivity index (χ4n) is 2.95. The Hall–Kier alpha value is -2.13. The van der Waals surface area contributed by atoms with Crippen LogP contribution in [0.25, 0.3) is 11.1 Å². The minimum atomic E-state index is -0.0500. The molecule has 0 radical (unpaired) electrons. The Bertz CT molecular complexity index is 746. The molecule has 2 aromatic rings. The van der Waals surface area contributed by atoms with Gasteiger partial charge in [0, 0.05) is 29.2 Å². The van der Waals surface area contributed by atoms with Crippen molar-refractivity contribution in [1.29, 1.82) is 0 Å². The first-order valence-electron chi connectivity index (χ1n) is 7.76. The summed E-state index contributed by atoms with van der Waals surface area (Å²) in [5.41, 5.74) is 2.89. The van der Waals surface area contributed by atoms with Gasteiger partial charge >= 0.3 is 0 Å². The molecule has 0 aromatic heterocycles. The van der Waals surface area contributed by atoms with Gasteiger partial charge in [-0.3, -0.25) is 9.59 Å². The minimum Gasteiger partial charge on any atom is -0.339 e. The smallest absolute Gasteiger partial charge is 0.253 e. The molecule has 118 valence electrons. The second-order valence-corrected chi connectivity index (χ2v) is 6.26. The van der Waals surface area contributed by atoms with Crippen molar-refractivity contribution in [2.45, 2.75) is 19.8 Å². The second-order valence-electron chi connectivity index (χ2n) is 5.82. The van der Waals surface area contributed by atoms with E-state index in [4.69, 9.17) is 11.6 Å². The van der Waals surface area contributed by atoms with Gasteiger partial charge in [0.25, 0.3) is 5.91 Å². The van der Waals surface area contributed by atoms with Gasteiger partial charge in [-0.05, 0) is 55.2 Å². The van der Waals surface area contributed by atoms with Crippen LogP contribution in [0.5, 0.6) is 0 Å². The Morgan fingerprint density at radius 3 is 2.26 bits per heavy atom. The average Bonchev–Trinajstić information content (AvgIpc) is 3.09. The van der Waals surface area contributed by atoms with Crippen LogP contribution in [0.3, 0.4) is 0 Å². The lowest BCUT2D eigenvalue weighted by atomic mass is 9.95. The molecular formula is C19H18ClNO2. The number of hydrogen-bond donors (Lipinski definition) is 0. The normalized spacial score (nSPS) is 14.1. The molecule has 1 aliphatic rings. The monoisotopic (exact) mass is 327 g/mol. The predicted octanol–water partition coefficient (Wildman–Crippen LogP) is 4.45. The summed E-state index contributed by atoms with van der Waals surface area (Å²) in [6.07, 6.45) is 2.10. The van der Waals surface area contributed by atoms with E-state index in [9.17, 15) is 9.59 Å². The number of carbonyl (C=O) groups excluding carboxylic acids is 2. The molecule has 0 bridgehead atoms. The quantitative estimate of drug-likeness (QED) is 0.781. The van der Waals surface area contributed by atoms with Gasteiger partial charge in [0.05, 0.1) is 0 Å². The molecule has 0 N–H and O–H groups in total. The molecule has 0 atom stereocenters. The highest BCUT2D eigenvalue weighted by atomic mass is 35.5. The third kappa shape index (κ3) is 3.30. The number of likely N-dealkylation sites (tertiary alicyclic amines) is 1. The van der Waals surface area contributed by atoms with Gasteiger partial charge in [0.2, 0.25) is 0 Å². The summed E-state index contributed by atoms with van der Waals surface area (Å²) in [4.78, 5) is 26.4. The lowest BCUT2D eigenvalue weighted by Gasteiger charge is -2.16. The highest BCUT2D eigenvalue weighted by molar-refractivity contribution is 6.30. The van der Waals surface area contributed by atoms with E-state index in [2.05, 4.69) is 0 Å². The molecule has 1 heterocycles. The summed E-state index contributed by atoms with van der Waals surface area (Å²) in [5, 5.41) is 0.652. The maximum absolute atomic E-state index is 12.5. The third-order valence-corrected chi connectivity index (χ3v) is 4.45. The zero-order valence-electron chi connectivity index (χ0n) is 13.0. The fourth-order valence-corrected chi connectivity index (χ4v) is 3.08. The summed E-state index contributed by atoms with van der Waals surface area (Å²) < 4.78 is 0. The molecule has 4 heteroatoms. The van der Waals surface area contributed by atoms with Crippen LogP contribution in [0, 0.1) is 0 Å². The first kappa shape index (κ1) is 15.8. The van der Waals surface area contributed by atoms with Crippen LogP contribution in [0.1, 0.15) is 40.5 Å². The Kier molecular flexibility index (Phi) is 4.49. The Morgan fingerprint density at radius 1 is 1.00 bits per heavy atom. The van der Waals surface area contributed by atoms with E-state index in [1.54, 1.807) is 24.3 Å². The summed E-state index contributed by atoms with van der Waals surface area (Å²) in [5.74, 6) is -0.0429. The highest BCUT2D eigenvalue weighted by Crippen LogP contribution is 2.27. The van der Waals surface area contributed by atoms with E-state index in [0.717, 1.165) is 37.1 Å². The molecule has 3 nitrogen and oxygen atoms in total. The maximum atomic E-state index is 12.5. The largest absolute Gasteiger partial charge is 0.339 e. The van der Waals surface area contributed by atoms with E-state index in [1.165, 1.54) is 6.92 Å². The Morgan fingerprint density at radius 2 is 1.65 bits per heavy atom. The van der Waals surface area contributed by atoms with E-state index < -0.39 is 0 Å². The summed E-state index contributed by atoms with van der Waals surface area (Å²) in [6, 6.07) is 12.7. The fraction of sp³-hybridized carbons (Fsp3) is 0.263. The zero-order valence-corrected chi connectivity index (χ0v) is 13.8. The number of Topliss-reactive ketones (excluding diaryl/α,β-unsaturated/α-hetero) is 1. The zero-order chi connectivity index (χ0) is 16.4. The first-order valence-corrected chi connectivity index (χ1v) is 8.14. The Labute approximate surface area is 140 Å². The number of carbonyl (C=O) groups is 2. The molecule has 1 saturated heterocycles. The number of rotatable bonds is 3. The van der Waals surface area contributed by atoms with Crippen molar-refractivity contribution < 1.29 is 9.59 Å². The maximum Gasteiger partial charge on any atom is 0.253 e. The number of hydrogen-bond acceptors (Lipinski definition) is 2. The second kappa shape index (κ2) is 6.55. The first-order chi connectivity index (χ1) is 11.1. The van der Waals surface area contributed by atoms with E-state index >= 15 is 0 Å². The summed E-state index contributed by atoms with van der Waals surface area (Å²) >= 11 is 5.92. The average molecular weight is 328 g/mol. The number of amides is 1. The van der Waals surface area contributed by atoms with Crippen molar-refractivity contribution in [3.8, 4) is 11.1 Å². The summed E-state index contributed by atoms with van der Waals surface area (Å²) in [6.45, 7) is 3.12. The minimum absolute atomic E-state index is 0.00709. The van der Waals surface area contributed by atoms with Crippen LogP contribution in [-0.2, 0) is 0 Å². The molecule has 1 amide bonds. The van der Waals surface area contributed by atoms with Crippen molar-refractivity contribution in [2.24, 2.45) is 0 Å². The van der Waals surface area contributed by atoms with Crippen LogP contribution in [0.4, 0.5) is 0 Å². The van der Waals surface area contributed by atoms with Crippen molar-refractivity contribution >= 4 is 23.3 Å². The number of halogens is 1. The lowest BCUT2D eigenvalue weighted by Crippen LogP contribution is -2.27. The van der Waals surface area contributed by atoms with E-state index in [0.29, 0.717) is 16.1 Å². The molecular weight excluding hydrogens is 310 g/mol. The van der Waals surface area contributed by atoms with Crippen LogP contribution >= 0.6 is 11.6 Å². The molecule has 0 unspecified atom stereocenters. The van der Waals surface area contributed by atoms with Gasteiger partial charge in [-0.25, -0.2) is 0 Å². The molecule has 0 spiro atoms. The summed E-state index contributed by atoms with van der Waals surface area (Å²) in [7, 11) is 0. The van der Waals surface area contributed by atoms with Gasteiger partial charge in [-0.2, -0.15) is 0 Å². The Balaban J connectivity index is 2.00. The van der Waals surface area contributed by atoms with Gasteiger partial charge in [-0.15, -0.1) is 0 Å². The number of benzene rings is 2. The topological polar surface area (TPSA) is 37.4 Å². The molecule has 1 aliphatic heterocycles. The van der Waals surface area contributed by atoms with E-state index in [1.807, 2.05) is 23.1 Å². The van der Waals surface area contributed by atoms with Gasteiger partial charge in [0.1, 0.15) is 0 Å². The van der Waals surface area contributed by atoms with Crippen LogP contribution in [-0.4, -0.2) is 29.7 Å². The van der Waals surface area contributed by atoms with Crippen molar-refractivity contribution in [3.63, 3.8) is 0 Å². The van der Waals surface area contributed by atoms with E-state index in [-0.39, 0.29) is 11.7 Å². The van der Waals surface area contributed by atoms with Gasteiger partial charge < -0.3 is 4.90 Å². The van der Waals surface area contributed by atoms with Crippen LogP contribution in [0.15, 0.2) is 42.5 Å². The number of ketones is 1. The van der Waals surface area contributed by atoms with Gasteiger partial charge in [-0.1, -0.05) is 29.8 Å². The van der Waals surface area contributed by atoms with Gasteiger partial charge in [0.15, 0.2) is 5.78 Å². The van der Waals surface area contributed by atoms with Crippen molar-refractivity contribution in [1.82, 2.24) is 4.90 Å². The lowest BCUT2D eigenvalue weighted by molar-refractivity contribution is 0.0793. The standard InChI is InChI=1S/C19H18ClNO2/c1-13(22)18-12-15(19(23)21-10-2-3-11-21)6-9-17(18)14-4-7-16(20)8-5-14/h4-9,12H,2-3,10-11H2,1H3. The molecule has 23 heavy (non-hydrogen) atoms. The number of nitrogens with zero attached hydrogens (tertiary/aromatic N) is 1. The molecule has 1 fully saturated rings. The molecule has 0 saturated carbocycles. The van der Waals surface area contributed by atoms with Crippen molar-refractivity contribution in [2.75, 3.05) is 13.1 Å². The highest BCUT2D eigenvalue weighted by Gasteiger charge is 2.21. The third-order valence-electron chi connectivity index (χ3n) is 4.19.